The number of carbonyl (C=O) groups is 2. The smallest absolute Gasteiger partial charge is 0.318 e. The van der Waals surface area contributed by atoms with Crippen LogP contribution in [-0.4, -0.2) is 53.2 Å². The first-order chi connectivity index (χ1) is 9.82. The Kier molecular flexibility index (Phi) is 4.29. The minimum absolute atomic E-state index is 0.207. The van der Waals surface area contributed by atoms with Crippen LogP contribution in [0.15, 0.2) is 30.3 Å². The molecule has 114 valence electrons. The van der Waals surface area contributed by atoms with Crippen molar-refractivity contribution in [1.29, 1.82) is 0 Å². The van der Waals surface area contributed by atoms with Crippen molar-refractivity contribution in [3.63, 3.8) is 0 Å². The van der Waals surface area contributed by atoms with Gasteiger partial charge in [0, 0.05) is 5.92 Å². The molecule has 0 spiro atoms. The van der Waals surface area contributed by atoms with E-state index in [1.807, 2.05) is 6.07 Å². The molecular formula is C13H15NO6S. The summed E-state index contributed by atoms with van der Waals surface area (Å²) in [6, 6.07) is 9.02. The summed E-state index contributed by atoms with van der Waals surface area (Å²) in [5.74, 6) is -2.96. The Morgan fingerprint density at radius 3 is 2.10 bits per heavy atom. The Labute approximate surface area is 121 Å². The largest absolute Gasteiger partial charge is 0.480 e. The van der Waals surface area contributed by atoms with Crippen LogP contribution in [0.4, 0.5) is 0 Å². The summed E-state index contributed by atoms with van der Waals surface area (Å²) < 4.78 is 25.2. The molecule has 0 aliphatic heterocycles. The molecule has 0 radical (unpaired) electrons. The molecule has 0 bridgehead atoms. The lowest BCUT2D eigenvalue weighted by Gasteiger charge is -2.18. The average molecular weight is 313 g/mol. The van der Waals surface area contributed by atoms with E-state index in [-0.39, 0.29) is 5.92 Å². The molecule has 1 aromatic rings. The molecule has 0 aromatic heterocycles. The lowest BCUT2D eigenvalue weighted by molar-refractivity contribution is -0.139. The first kappa shape index (κ1) is 15.5. The van der Waals surface area contributed by atoms with E-state index < -0.39 is 40.3 Å². The fraction of sp³-hybridized carbons (Fsp3) is 0.385. The summed E-state index contributed by atoms with van der Waals surface area (Å²) in [5, 5.41) is 16.7. The number of sulfonamides is 1. The number of carboxylic acids is 2. The fourth-order valence-electron chi connectivity index (χ4n) is 2.28. The predicted octanol–water partition coefficient (Wildman–Crippen LogP) is 0.344. The maximum Gasteiger partial charge on any atom is 0.318 e. The molecule has 2 rings (SSSR count). The SMILES string of the molecule is O=C(O)CN(CC(=O)O)S(=O)(=O)[C@@H]1C[C@H]1c1ccccc1. The second-order valence-electron chi connectivity index (χ2n) is 4.89. The van der Waals surface area contributed by atoms with E-state index in [1.54, 1.807) is 24.3 Å². The van der Waals surface area contributed by atoms with Gasteiger partial charge in [-0.2, -0.15) is 4.31 Å². The van der Waals surface area contributed by atoms with Crippen molar-refractivity contribution in [1.82, 2.24) is 4.31 Å². The predicted molar refractivity (Wildman–Crippen MR) is 73.4 cm³/mol. The van der Waals surface area contributed by atoms with Crippen LogP contribution in [0.1, 0.15) is 17.9 Å². The van der Waals surface area contributed by atoms with Gasteiger partial charge in [0.05, 0.1) is 5.25 Å². The van der Waals surface area contributed by atoms with E-state index >= 15 is 0 Å². The van der Waals surface area contributed by atoms with Crippen molar-refractivity contribution < 1.29 is 28.2 Å². The Morgan fingerprint density at radius 1 is 1.10 bits per heavy atom. The van der Waals surface area contributed by atoms with Gasteiger partial charge in [-0.25, -0.2) is 8.42 Å². The molecule has 1 aromatic carbocycles. The highest BCUT2D eigenvalue weighted by Crippen LogP contribution is 2.46. The van der Waals surface area contributed by atoms with Crippen molar-refractivity contribution in [2.24, 2.45) is 0 Å². The Hall–Kier alpha value is -1.93. The molecule has 1 fully saturated rings. The third kappa shape index (κ3) is 3.59. The molecule has 0 saturated heterocycles. The molecule has 0 heterocycles. The number of benzene rings is 1. The fourth-order valence-corrected chi connectivity index (χ4v) is 4.27. The van der Waals surface area contributed by atoms with E-state index in [0.29, 0.717) is 10.7 Å². The lowest BCUT2D eigenvalue weighted by Crippen LogP contribution is -2.41. The van der Waals surface area contributed by atoms with E-state index in [2.05, 4.69) is 0 Å². The maximum absolute atomic E-state index is 12.3. The number of hydrogen-bond acceptors (Lipinski definition) is 4. The van der Waals surface area contributed by atoms with Gasteiger partial charge in [-0.1, -0.05) is 30.3 Å². The van der Waals surface area contributed by atoms with Gasteiger partial charge in [0.15, 0.2) is 0 Å². The first-order valence-corrected chi connectivity index (χ1v) is 7.80. The van der Waals surface area contributed by atoms with Gasteiger partial charge in [-0.15, -0.1) is 0 Å². The van der Waals surface area contributed by atoms with Crippen molar-refractivity contribution in [2.45, 2.75) is 17.6 Å². The number of nitrogens with zero attached hydrogens (tertiary/aromatic N) is 1. The first-order valence-electron chi connectivity index (χ1n) is 6.30. The molecule has 0 amide bonds. The summed E-state index contributed by atoms with van der Waals surface area (Å²) >= 11 is 0. The van der Waals surface area contributed by atoms with Crippen LogP contribution in [0.5, 0.6) is 0 Å². The van der Waals surface area contributed by atoms with Crippen LogP contribution < -0.4 is 0 Å². The van der Waals surface area contributed by atoms with Gasteiger partial charge in [0.2, 0.25) is 10.0 Å². The topological polar surface area (TPSA) is 112 Å². The average Bonchev–Trinajstić information content (AvgIpc) is 3.18. The second-order valence-corrected chi connectivity index (χ2v) is 7.04. The van der Waals surface area contributed by atoms with Crippen LogP contribution in [0, 0.1) is 0 Å². The van der Waals surface area contributed by atoms with Gasteiger partial charge in [0.25, 0.3) is 0 Å². The van der Waals surface area contributed by atoms with Gasteiger partial charge < -0.3 is 10.2 Å². The molecule has 2 N–H and O–H groups in total. The summed E-state index contributed by atoms with van der Waals surface area (Å²) in [7, 11) is -3.94. The molecule has 2 atom stereocenters. The van der Waals surface area contributed by atoms with Crippen LogP contribution in [0.25, 0.3) is 0 Å². The highest BCUT2D eigenvalue weighted by Gasteiger charge is 2.51. The molecule has 0 unspecified atom stereocenters. The quantitative estimate of drug-likeness (QED) is 0.751. The number of rotatable bonds is 7. The van der Waals surface area contributed by atoms with Gasteiger partial charge in [0.1, 0.15) is 13.1 Å². The third-order valence-electron chi connectivity index (χ3n) is 3.33. The highest BCUT2D eigenvalue weighted by molar-refractivity contribution is 7.90. The van der Waals surface area contributed by atoms with E-state index in [1.165, 1.54) is 0 Å². The summed E-state index contributed by atoms with van der Waals surface area (Å²) in [6.45, 7) is -1.68. The minimum Gasteiger partial charge on any atom is -0.480 e. The van der Waals surface area contributed by atoms with Crippen molar-refractivity contribution >= 4 is 22.0 Å². The molecule has 1 saturated carbocycles. The van der Waals surface area contributed by atoms with Gasteiger partial charge in [-0.05, 0) is 12.0 Å². The number of aliphatic carboxylic acids is 2. The Morgan fingerprint density at radius 2 is 1.62 bits per heavy atom. The summed E-state index contributed by atoms with van der Waals surface area (Å²) in [4.78, 5) is 21.5. The second kappa shape index (κ2) is 5.82. The third-order valence-corrected chi connectivity index (χ3v) is 5.59. The molecule has 8 heteroatoms. The molecule has 7 nitrogen and oxygen atoms in total. The van der Waals surface area contributed by atoms with Crippen LogP contribution in [0.3, 0.4) is 0 Å². The Bertz CT molecular complexity index is 626. The van der Waals surface area contributed by atoms with Crippen molar-refractivity contribution in [3.05, 3.63) is 35.9 Å². The van der Waals surface area contributed by atoms with E-state index in [4.69, 9.17) is 10.2 Å². The van der Waals surface area contributed by atoms with Crippen LogP contribution >= 0.6 is 0 Å². The number of hydrogen-bond donors (Lipinski definition) is 2. The standard InChI is InChI=1S/C13H15NO6S/c15-12(16)7-14(8-13(17)18)21(19,20)11-6-10(11)9-4-2-1-3-5-9/h1-5,10-11H,6-8H2,(H,15,16)(H,17,18)/t10-,11+/m0/s1. The van der Waals surface area contributed by atoms with E-state index in [0.717, 1.165) is 5.56 Å². The maximum atomic E-state index is 12.3. The summed E-state index contributed by atoms with van der Waals surface area (Å²) in [6.07, 6.45) is 0.377. The molecule has 21 heavy (non-hydrogen) atoms. The van der Waals surface area contributed by atoms with Crippen LogP contribution in [0.2, 0.25) is 0 Å². The lowest BCUT2D eigenvalue weighted by atomic mass is 10.1. The molecule has 1 aliphatic rings. The summed E-state index contributed by atoms with van der Waals surface area (Å²) in [5.41, 5.74) is 0.858. The van der Waals surface area contributed by atoms with Gasteiger partial charge in [-0.3, -0.25) is 9.59 Å². The number of carboxylic acid groups (broad SMARTS) is 2. The zero-order chi connectivity index (χ0) is 15.6. The van der Waals surface area contributed by atoms with Crippen LogP contribution in [-0.2, 0) is 19.6 Å². The monoisotopic (exact) mass is 313 g/mol. The molecular weight excluding hydrogens is 298 g/mol. The molecule has 1 aliphatic carbocycles. The zero-order valence-corrected chi connectivity index (χ0v) is 11.9. The Balaban J connectivity index is 2.17. The van der Waals surface area contributed by atoms with Crippen molar-refractivity contribution in [2.75, 3.05) is 13.1 Å². The van der Waals surface area contributed by atoms with Crippen molar-refractivity contribution in [3.8, 4) is 0 Å². The normalized spacial score (nSPS) is 21.2. The highest BCUT2D eigenvalue weighted by atomic mass is 32.2. The minimum atomic E-state index is -3.94. The van der Waals surface area contributed by atoms with Gasteiger partial charge >= 0.3 is 11.9 Å². The van der Waals surface area contributed by atoms with E-state index in [9.17, 15) is 18.0 Å². The zero-order valence-electron chi connectivity index (χ0n) is 11.0.